The third-order valence-corrected chi connectivity index (χ3v) is 2.18. The number of benzene rings is 1. The molecule has 0 fully saturated rings. The van der Waals surface area contributed by atoms with Crippen LogP contribution in [-0.4, -0.2) is 30.3 Å². The molecule has 1 aromatic carbocycles. The van der Waals surface area contributed by atoms with Crippen molar-refractivity contribution in [2.75, 3.05) is 13.2 Å². The second-order valence-electron chi connectivity index (χ2n) is 3.55. The predicted molar refractivity (Wildman–Crippen MR) is 61.2 cm³/mol. The van der Waals surface area contributed by atoms with Crippen molar-refractivity contribution in [3.63, 3.8) is 0 Å². The average Bonchev–Trinajstić information content (AvgIpc) is 2.29. The van der Waals surface area contributed by atoms with Gasteiger partial charge in [0.2, 0.25) is 0 Å². The highest BCUT2D eigenvalue weighted by atomic mass is 16.5. The lowest BCUT2D eigenvalue weighted by molar-refractivity contribution is -0.139. The molecule has 0 amide bonds. The van der Waals surface area contributed by atoms with Gasteiger partial charge in [0.1, 0.15) is 6.04 Å². The number of aliphatic carboxylic acids is 1. The van der Waals surface area contributed by atoms with Crippen LogP contribution in [-0.2, 0) is 16.1 Å². The van der Waals surface area contributed by atoms with Crippen LogP contribution in [0, 0.1) is 0 Å². The molecule has 16 heavy (non-hydrogen) atoms. The topological polar surface area (TPSA) is 58.6 Å². The van der Waals surface area contributed by atoms with Crippen LogP contribution in [0.25, 0.3) is 0 Å². The van der Waals surface area contributed by atoms with E-state index in [2.05, 4.69) is 5.32 Å². The molecule has 0 bridgehead atoms. The van der Waals surface area contributed by atoms with Gasteiger partial charge in [-0.05, 0) is 12.5 Å². The van der Waals surface area contributed by atoms with E-state index in [0.717, 1.165) is 5.56 Å². The maximum atomic E-state index is 10.5. The van der Waals surface area contributed by atoms with Gasteiger partial charge in [-0.3, -0.25) is 4.79 Å². The molecule has 0 radical (unpaired) electrons. The van der Waals surface area contributed by atoms with Gasteiger partial charge < -0.3 is 15.2 Å². The Balaban J connectivity index is 2.07. The summed E-state index contributed by atoms with van der Waals surface area (Å²) in [5.74, 6) is -0.844. The zero-order valence-corrected chi connectivity index (χ0v) is 9.35. The first-order chi connectivity index (χ1) is 7.70. The van der Waals surface area contributed by atoms with Crippen molar-refractivity contribution in [2.24, 2.45) is 0 Å². The highest BCUT2D eigenvalue weighted by Gasteiger charge is 2.08. The van der Waals surface area contributed by atoms with E-state index >= 15 is 0 Å². The fourth-order valence-corrected chi connectivity index (χ4v) is 1.20. The highest BCUT2D eigenvalue weighted by Crippen LogP contribution is 1.99. The number of carbonyl (C=O) groups is 1. The number of hydrogen-bond acceptors (Lipinski definition) is 3. The molecule has 0 aliphatic heterocycles. The summed E-state index contributed by atoms with van der Waals surface area (Å²) in [6.45, 7) is 3.22. The fourth-order valence-electron chi connectivity index (χ4n) is 1.20. The fraction of sp³-hybridized carbons (Fsp3) is 0.417. The van der Waals surface area contributed by atoms with Crippen LogP contribution in [0.3, 0.4) is 0 Å². The molecule has 1 rings (SSSR count). The van der Waals surface area contributed by atoms with Gasteiger partial charge in [-0.25, -0.2) is 0 Å². The molecule has 0 aliphatic rings. The summed E-state index contributed by atoms with van der Waals surface area (Å²) < 4.78 is 5.39. The van der Waals surface area contributed by atoms with Gasteiger partial charge >= 0.3 is 5.97 Å². The van der Waals surface area contributed by atoms with E-state index in [1.807, 2.05) is 30.3 Å². The van der Waals surface area contributed by atoms with Crippen LogP contribution < -0.4 is 5.32 Å². The molecule has 0 heterocycles. The summed E-state index contributed by atoms with van der Waals surface area (Å²) >= 11 is 0. The van der Waals surface area contributed by atoms with Crippen LogP contribution in [0.5, 0.6) is 0 Å². The number of rotatable bonds is 7. The van der Waals surface area contributed by atoms with Crippen molar-refractivity contribution >= 4 is 5.97 Å². The molecule has 0 saturated carbocycles. The quantitative estimate of drug-likeness (QED) is 0.683. The van der Waals surface area contributed by atoms with Crippen molar-refractivity contribution < 1.29 is 14.6 Å². The molecule has 0 saturated heterocycles. The lowest BCUT2D eigenvalue weighted by Gasteiger charge is -2.09. The van der Waals surface area contributed by atoms with Crippen LogP contribution in [0.1, 0.15) is 12.5 Å². The Labute approximate surface area is 95.2 Å². The number of carboxylic acid groups (broad SMARTS) is 1. The average molecular weight is 223 g/mol. The predicted octanol–water partition coefficient (Wildman–Crippen LogP) is 1.27. The smallest absolute Gasteiger partial charge is 0.320 e. The standard InChI is InChI=1S/C12H17NO3/c1-10(12(14)15)13-7-8-16-9-11-5-3-2-4-6-11/h2-6,10,13H,7-9H2,1H3,(H,14,15)/t10-/m1/s1. The SMILES string of the molecule is C[C@@H](NCCOCc1ccccc1)C(=O)O. The molecule has 0 spiro atoms. The van der Waals surface area contributed by atoms with Crippen molar-refractivity contribution in [3.05, 3.63) is 35.9 Å². The zero-order valence-electron chi connectivity index (χ0n) is 9.35. The maximum absolute atomic E-state index is 10.5. The van der Waals surface area contributed by atoms with Crippen molar-refractivity contribution in [3.8, 4) is 0 Å². The van der Waals surface area contributed by atoms with Crippen molar-refractivity contribution in [2.45, 2.75) is 19.6 Å². The number of nitrogens with one attached hydrogen (secondary N) is 1. The summed E-state index contributed by atoms with van der Waals surface area (Å²) in [5, 5.41) is 11.5. The molecule has 0 aliphatic carbocycles. The van der Waals surface area contributed by atoms with E-state index < -0.39 is 12.0 Å². The first-order valence-corrected chi connectivity index (χ1v) is 5.28. The van der Waals surface area contributed by atoms with Gasteiger partial charge in [0.25, 0.3) is 0 Å². The molecule has 1 atom stereocenters. The van der Waals surface area contributed by atoms with E-state index in [-0.39, 0.29) is 0 Å². The largest absolute Gasteiger partial charge is 0.480 e. The maximum Gasteiger partial charge on any atom is 0.320 e. The first kappa shape index (κ1) is 12.7. The van der Waals surface area contributed by atoms with Crippen molar-refractivity contribution in [1.29, 1.82) is 0 Å². The Morgan fingerprint density at radius 3 is 2.75 bits per heavy atom. The zero-order chi connectivity index (χ0) is 11.8. The molecule has 0 unspecified atom stereocenters. The van der Waals surface area contributed by atoms with Gasteiger partial charge in [0, 0.05) is 6.54 Å². The van der Waals surface area contributed by atoms with E-state index in [1.165, 1.54) is 0 Å². The normalized spacial score (nSPS) is 12.3. The summed E-state index contributed by atoms with van der Waals surface area (Å²) in [6, 6.07) is 9.34. The van der Waals surface area contributed by atoms with Gasteiger partial charge in [0.15, 0.2) is 0 Å². The minimum atomic E-state index is -0.844. The summed E-state index contributed by atoms with van der Waals surface area (Å²) in [5.41, 5.74) is 1.12. The Morgan fingerprint density at radius 2 is 2.12 bits per heavy atom. The molecule has 1 aromatic rings. The molecular weight excluding hydrogens is 206 g/mol. The van der Waals surface area contributed by atoms with Crippen LogP contribution in [0.2, 0.25) is 0 Å². The summed E-state index contributed by atoms with van der Waals surface area (Å²) in [4.78, 5) is 10.5. The molecule has 88 valence electrons. The molecular formula is C12H17NO3. The van der Waals surface area contributed by atoms with Gasteiger partial charge in [-0.1, -0.05) is 30.3 Å². The number of ether oxygens (including phenoxy) is 1. The first-order valence-electron chi connectivity index (χ1n) is 5.28. The van der Waals surface area contributed by atoms with Crippen LogP contribution in [0.15, 0.2) is 30.3 Å². The lowest BCUT2D eigenvalue weighted by Crippen LogP contribution is -2.35. The number of hydrogen-bond donors (Lipinski definition) is 2. The Hall–Kier alpha value is -1.39. The van der Waals surface area contributed by atoms with Gasteiger partial charge in [-0.15, -0.1) is 0 Å². The molecule has 4 nitrogen and oxygen atoms in total. The minimum Gasteiger partial charge on any atom is -0.480 e. The van der Waals surface area contributed by atoms with Crippen LogP contribution in [0.4, 0.5) is 0 Å². The molecule has 4 heteroatoms. The van der Waals surface area contributed by atoms with Gasteiger partial charge in [0.05, 0.1) is 13.2 Å². The Morgan fingerprint density at radius 1 is 1.44 bits per heavy atom. The van der Waals surface area contributed by atoms with E-state index in [0.29, 0.717) is 19.8 Å². The highest BCUT2D eigenvalue weighted by molar-refractivity contribution is 5.72. The monoisotopic (exact) mass is 223 g/mol. The third-order valence-electron chi connectivity index (χ3n) is 2.18. The third kappa shape index (κ3) is 4.91. The van der Waals surface area contributed by atoms with E-state index in [1.54, 1.807) is 6.92 Å². The summed E-state index contributed by atoms with van der Waals surface area (Å²) in [6.07, 6.45) is 0. The molecule has 2 N–H and O–H groups in total. The van der Waals surface area contributed by atoms with Gasteiger partial charge in [-0.2, -0.15) is 0 Å². The van der Waals surface area contributed by atoms with E-state index in [9.17, 15) is 4.79 Å². The van der Waals surface area contributed by atoms with E-state index in [4.69, 9.17) is 9.84 Å². The second kappa shape index (κ2) is 6.98. The Bertz CT molecular complexity index is 313. The molecule has 0 aromatic heterocycles. The summed E-state index contributed by atoms with van der Waals surface area (Å²) in [7, 11) is 0. The second-order valence-corrected chi connectivity index (χ2v) is 3.55. The Kier molecular flexibility index (Phi) is 5.53. The van der Waals surface area contributed by atoms with Crippen LogP contribution >= 0.6 is 0 Å². The van der Waals surface area contributed by atoms with Crippen molar-refractivity contribution in [1.82, 2.24) is 5.32 Å². The minimum absolute atomic E-state index is 0.506. The lowest BCUT2D eigenvalue weighted by atomic mass is 10.2. The number of carboxylic acids is 1.